The highest BCUT2D eigenvalue weighted by Gasteiger charge is 2.53. The van der Waals surface area contributed by atoms with E-state index < -0.39 is 17.5 Å². The van der Waals surface area contributed by atoms with Crippen LogP contribution in [0.25, 0.3) is 10.4 Å². The first kappa shape index (κ1) is 41.9. The first-order valence-corrected chi connectivity index (χ1v) is 20.4. The molecule has 0 radical (unpaired) electrons. The molecule has 0 bridgehead atoms. The van der Waals surface area contributed by atoms with E-state index in [1.54, 1.807) is 16.2 Å². The van der Waals surface area contributed by atoms with Crippen molar-refractivity contribution in [3.63, 3.8) is 0 Å². The minimum absolute atomic E-state index is 0.0449. The Bertz CT molecular complexity index is 1780. The highest BCUT2D eigenvalue weighted by Crippen LogP contribution is 2.53. The molecule has 1 saturated carbocycles. The number of likely N-dealkylation sites (tertiary alicyclic amines) is 1. The molecule has 3 aromatic rings. The number of benzene rings is 2. The fourth-order valence-electron chi connectivity index (χ4n) is 8.36. The van der Waals surface area contributed by atoms with Crippen molar-refractivity contribution in [1.29, 1.82) is 0 Å². The van der Waals surface area contributed by atoms with Gasteiger partial charge in [0.05, 0.1) is 16.1 Å². The van der Waals surface area contributed by atoms with Crippen molar-refractivity contribution in [3.05, 3.63) is 70.9 Å². The molecular weight excluding hydrogens is 713 g/mol. The average molecular weight is 773 g/mol. The number of unbranched alkanes of at least 4 members (excludes halogenated alkanes) is 1. The summed E-state index contributed by atoms with van der Waals surface area (Å²) in [5, 5.41) is 12.5. The molecule has 2 heterocycles. The number of aromatic nitrogens is 1. The number of anilines is 1. The standard InChI is InChI=1S/C43H60N6O5S/c1-28-35(55-27-46-28)30-15-13-29(14-16-30)24-45-38(52)33-12-11-22-49(33)39(53)36(41(2,3)4)47-34(50)25-54-23-10-9-21-44-32-19-17-31(18-20-32)37(51)48-40-42(5,6)26-43(40,7)8/h13-20,27,33,36,40,44H,9-12,21-26H2,1-8H3,(H,45,52)(H,47,50)(H,48,51)/t33-,36?/m0/s1. The molecule has 2 fully saturated rings. The maximum absolute atomic E-state index is 13.9. The van der Waals surface area contributed by atoms with E-state index in [0.717, 1.165) is 59.6 Å². The monoisotopic (exact) mass is 772 g/mol. The molecule has 1 aromatic heterocycles. The number of ether oxygens (including phenoxy) is 1. The summed E-state index contributed by atoms with van der Waals surface area (Å²) < 4.78 is 5.68. The van der Waals surface area contributed by atoms with E-state index in [2.05, 4.69) is 53.9 Å². The van der Waals surface area contributed by atoms with Gasteiger partial charge in [0, 0.05) is 43.5 Å². The molecule has 1 unspecified atom stereocenters. The Morgan fingerprint density at radius 1 is 0.982 bits per heavy atom. The maximum atomic E-state index is 13.9. The van der Waals surface area contributed by atoms with Crippen molar-refractivity contribution in [1.82, 2.24) is 25.8 Å². The van der Waals surface area contributed by atoms with Gasteiger partial charge in [-0.3, -0.25) is 19.2 Å². The Morgan fingerprint density at radius 2 is 1.67 bits per heavy atom. The van der Waals surface area contributed by atoms with Crippen LogP contribution in [0.2, 0.25) is 0 Å². The van der Waals surface area contributed by atoms with Crippen molar-refractivity contribution in [2.24, 2.45) is 16.2 Å². The van der Waals surface area contributed by atoms with Gasteiger partial charge in [0.25, 0.3) is 5.91 Å². The summed E-state index contributed by atoms with van der Waals surface area (Å²) in [7, 11) is 0. The highest BCUT2D eigenvalue weighted by atomic mass is 32.1. The molecule has 5 rings (SSSR count). The maximum Gasteiger partial charge on any atom is 0.251 e. The van der Waals surface area contributed by atoms with Gasteiger partial charge in [-0.15, -0.1) is 11.3 Å². The normalized spacial score (nSPS) is 18.3. The van der Waals surface area contributed by atoms with Crippen molar-refractivity contribution >= 4 is 40.7 Å². The van der Waals surface area contributed by atoms with E-state index in [9.17, 15) is 19.2 Å². The molecule has 1 aliphatic heterocycles. The van der Waals surface area contributed by atoms with E-state index >= 15 is 0 Å². The molecule has 2 aliphatic rings. The lowest BCUT2D eigenvalue weighted by atomic mass is 9.52. The van der Waals surface area contributed by atoms with Crippen LogP contribution in [0.5, 0.6) is 0 Å². The molecule has 11 nitrogen and oxygen atoms in total. The molecular formula is C43H60N6O5S. The molecule has 2 atom stereocenters. The predicted molar refractivity (Wildman–Crippen MR) is 219 cm³/mol. The minimum atomic E-state index is -0.807. The number of thiazole rings is 1. The Hall–Kier alpha value is -4.29. The molecule has 1 aliphatic carbocycles. The largest absolute Gasteiger partial charge is 0.385 e. The van der Waals surface area contributed by atoms with E-state index in [-0.39, 0.29) is 47.1 Å². The van der Waals surface area contributed by atoms with Crippen LogP contribution in [-0.4, -0.2) is 77.9 Å². The van der Waals surface area contributed by atoms with E-state index in [4.69, 9.17) is 4.74 Å². The summed E-state index contributed by atoms with van der Waals surface area (Å²) >= 11 is 1.60. The molecule has 12 heteroatoms. The summed E-state index contributed by atoms with van der Waals surface area (Å²) in [6.45, 7) is 18.3. The van der Waals surface area contributed by atoms with Gasteiger partial charge in [-0.25, -0.2) is 4.98 Å². The Morgan fingerprint density at radius 3 is 2.29 bits per heavy atom. The lowest BCUT2D eigenvalue weighted by Crippen LogP contribution is -2.63. The lowest BCUT2D eigenvalue weighted by Gasteiger charge is -2.57. The fourth-order valence-corrected chi connectivity index (χ4v) is 9.17. The Balaban J connectivity index is 1.00. The van der Waals surface area contributed by atoms with Crippen molar-refractivity contribution in [2.45, 2.75) is 112 Å². The molecule has 1 saturated heterocycles. The number of aryl methyl sites for hydroxylation is 1. The quantitative estimate of drug-likeness (QED) is 0.119. The summed E-state index contributed by atoms with van der Waals surface area (Å²) in [6.07, 6.45) is 3.95. The Labute approximate surface area is 330 Å². The van der Waals surface area contributed by atoms with Crippen LogP contribution in [0.1, 0.15) is 102 Å². The number of rotatable bonds is 16. The van der Waals surface area contributed by atoms with Gasteiger partial charge in [0.15, 0.2) is 0 Å². The zero-order valence-electron chi connectivity index (χ0n) is 33.8. The van der Waals surface area contributed by atoms with Crippen molar-refractivity contribution in [3.8, 4) is 10.4 Å². The smallest absolute Gasteiger partial charge is 0.251 e. The summed E-state index contributed by atoms with van der Waals surface area (Å²) in [4.78, 5) is 60.1. The van der Waals surface area contributed by atoms with Gasteiger partial charge in [-0.05, 0) is 90.7 Å². The number of hydrogen-bond donors (Lipinski definition) is 4. The van der Waals surface area contributed by atoms with Crippen LogP contribution in [0.4, 0.5) is 5.69 Å². The number of carbonyl (C=O) groups is 4. The lowest BCUT2D eigenvalue weighted by molar-refractivity contribution is -0.144. The van der Waals surface area contributed by atoms with Gasteiger partial charge in [-0.2, -0.15) is 0 Å². The molecule has 2 aromatic carbocycles. The van der Waals surface area contributed by atoms with E-state index in [1.807, 2.05) is 81.7 Å². The van der Waals surface area contributed by atoms with E-state index in [1.165, 1.54) is 0 Å². The SMILES string of the molecule is Cc1ncsc1-c1ccc(CNC(=O)[C@@H]2CCCN2C(=O)C(NC(=O)COCCCCNc2ccc(C(=O)NC3C(C)(C)CC3(C)C)cc2)C(C)(C)C)cc1. The second-order valence-electron chi connectivity index (χ2n) is 17.6. The topological polar surface area (TPSA) is 142 Å². The minimum Gasteiger partial charge on any atom is -0.385 e. The van der Waals surface area contributed by atoms with Crippen LogP contribution in [0.3, 0.4) is 0 Å². The van der Waals surface area contributed by atoms with Crippen LogP contribution in [0, 0.1) is 23.2 Å². The van der Waals surface area contributed by atoms with E-state index in [0.29, 0.717) is 31.7 Å². The number of nitrogens with one attached hydrogen (secondary N) is 4. The molecule has 4 amide bonds. The highest BCUT2D eigenvalue weighted by molar-refractivity contribution is 7.13. The second kappa shape index (κ2) is 17.7. The Kier molecular flexibility index (Phi) is 13.4. The van der Waals surface area contributed by atoms with Gasteiger partial charge in [0.2, 0.25) is 17.7 Å². The molecule has 0 spiro atoms. The number of amides is 4. The third-order valence-corrected chi connectivity index (χ3v) is 11.8. The first-order chi connectivity index (χ1) is 26.0. The van der Waals surface area contributed by atoms with Gasteiger partial charge in [-0.1, -0.05) is 72.7 Å². The second-order valence-corrected chi connectivity index (χ2v) is 18.4. The van der Waals surface area contributed by atoms with Gasteiger partial charge < -0.3 is 30.9 Å². The summed E-state index contributed by atoms with van der Waals surface area (Å²) in [5.41, 5.74) is 6.09. The number of hydrogen-bond acceptors (Lipinski definition) is 8. The zero-order chi connectivity index (χ0) is 40.0. The molecule has 4 N–H and O–H groups in total. The van der Waals surface area contributed by atoms with Crippen LogP contribution < -0.4 is 21.3 Å². The van der Waals surface area contributed by atoms with Crippen molar-refractivity contribution < 1.29 is 23.9 Å². The third kappa shape index (κ3) is 10.7. The summed E-state index contributed by atoms with van der Waals surface area (Å²) in [5.74, 6) is -0.857. The molecule has 55 heavy (non-hydrogen) atoms. The predicted octanol–water partition coefficient (Wildman–Crippen LogP) is 6.72. The van der Waals surface area contributed by atoms with Gasteiger partial charge >= 0.3 is 0 Å². The third-order valence-electron chi connectivity index (χ3n) is 10.9. The average Bonchev–Trinajstić information content (AvgIpc) is 3.80. The van der Waals surface area contributed by atoms with Crippen molar-refractivity contribution in [2.75, 3.05) is 31.6 Å². The van der Waals surface area contributed by atoms with Crippen LogP contribution in [-0.2, 0) is 25.7 Å². The van der Waals surface area contributed by atoms with Crippen LogP contribution in [0.15, 0.2) is 54.0 Å². The molecule has 298 valence electrons. The fraction of sp³-hybridized carbons (Fsp3) is 0.558. The number of nitrogens with zero attached hydrogens (tertiary/aromatic N) is 2. The number of carbonyl (C=O) groups excluding carboxylic acids is 4. The first-order valence-electron chi connectivity index (χ1n) is 19.6. The van der Waals surface area contributed by atoms with Gasteiger partial charge in [0.1, 0.15) is 18.7 Å². The zero-order valence-corrected chi connectivity index (χ0v) is 34.7. The van der Waals surface area contributed by atoms with Crippen LogP contribution >= 0.6 is 11.3 Å². The summed E-state index contributed by atoms with van der Waals surface area (Å²) in [6, 6.07) is 14.3.